The number of rotatable bonds is 4. The van der Waals surface area contributed by atoms with Gasteiger partial charge in [-0.05, 0) is 37.3 Å². The maximum Gasteiger partial charge on any atom is 0.122 e. The standard InChI is InChI=1S/C17H26O2/c1-13-9-10-17(19-2)15(11-13)12-16(18)14-7-5-3-4-6-8-14/h9-11,14,16,18H,3-8,12H2,1-2H3. The topological polar surface area (TPSA) is 29.5 Å². The third kappa shape index (κ3) is 3.97. The van der Waals surface area contributed by atoms with E-state index in [4.69, 9.17) is 4.74 Å². The molecule has 1 atom stereocenters. The average Bonchev–Trinajstić information content (AvgIpc) is 2.68. The van der Waals surface area contributed by atoms with E-state index in [9.17, 15) is 5.11 Å². The van der Waals surface area contributed by atoms with E-state index in [1.807, 2.05) is 6.07 Å². The molecule has 1 unspecified atom stereocenters. The number of aryl methyl sites for hydroxylation is 1. The zero-order valence-corrected chi connectivity index (χ0v) is 12.2. The van der Waals surface area contributed by atoms with Crippen LogP contribution < -0.4 is 4.74 Å². The minimum Gasteiger partial charge on any atom is -0.496 e. The first-order chi connectivity index (χ1) is 9.20. The number of methoxy groups -OCH3 is 1. The van der Waals surface area contributed by atoms with Crippen molar-refractivity contribution in [2.45, 2.75) is 58.0 Å². The minimum absolute atomic E-state index is 0.228. The Morgan fingerprint density at radius 1 is 1.21 bits per heavy atom. The first-order valence-electron chi connectivity index (χ1n) is 7.52. The van der Waals surface area contributed by atoms with Crippen LogP contribution in [0.3, 0.4) is 0 Å². The van der Waals surface area contributed by atoms with Gasteiger partial charge < -0.3 is 9.84 Å². The molecule has 0 aromatic heterocycles. The summed E-state index contributed by atoms with van der Waals surface area (Å²) in [7, 11) is 1.70. The van der Waals surface area contributed by atoms with E-state index in [1.54, 1.807) is 7.11 Å². The summed E-state index contributed by atoms with van der Waals surface area (Å²) < 4.78 is 5.40. The van der Waals surface area contributed by atoms with Crippen LogP contribution in [0.5, 0.6) is 5.75 Å². The molecule has 1 saturated carbocycles. The number of ether oxygens (including phenoxy) is 1. The van der Waals surface area contributed by atoms with Crippen LogP contribution in [0.1, 0.15) is 49.7 Å². The van der Waals surface area contributed by atoms with Crippen molar-refractivity contribution >= 4 is 0 Å². The number of hydrogen-bond acceptors (Lipinski definition) is 2. The molecule has 0 saturated heterocycles. The van der Waals surface area contributed by atoms with Crippen LogP contribution in [0.4, 0.5) is 0 Å². The Morgan fingerprint density at radius 3 is 2.53 bits per heavy atom. The van der Waals surface area contributed by atoms with Crippen LogP contribution in [0, 0.1) is 12.8 Å². The van der Waals surface area contributed by atoms with Crippen LogP contribution in [-0.4, -0.2) is 18.3 Å². The zero-order chi connectivity index (χ0) is 13.7. The van der Waals surface area contributed by atoms with Gasteiger partial charge in [0, 0.05) is 6.42 Å². The fourth-order valence-corrected chi connectivity index (χ4v) is 3.15. The molecule has 1 fully saturated rings. The highest BCUT2D eigenvalue weighted by Gasteiger charge is 2.22. The first kappa shape index (κ1) is 14.4. The Labute approximate surface area is 116 Å². The monoisotopic (exact) mass is 262 g/mol. The second kappa shape index (κ2) is 6.95. The van der Waals surface area contributed by atoms with E-state index in [1.165, 1.54) is 44.1 Å². The quantitative estimate of drug-likeness (QED) is 0.834. The van der Waals surface area contributed by atoms with Gasteiger partial charge in [-0.3, -0.25) is 0 Å². The number of benzene rings is 1. The molecule has 0 radical (unpaired) electrons. The van der Waals surface area contributed by atoms with Crippen LogP contribution >= 0.6 is 0 Å². The summed E-state index contributed by atoms with van der Waals surface area (Å²) in [4.78, 5) is 0. The van der Waals surface area contributed by atoms with Gasteiger partial charge in [-0.2, -0.15) is 0 Å². The first-order valence-corrected chi connectivity index (χ1v) is 7.52. The molecule has 2 nitrogen and oxygen atoms in total. The van der Waals surface area contributed by atoms with Crippen molar-refractivity contribution in [1.29, 1.82) is 0 Å². The molecule has 1 aromatic carbocycles. The van der Waals surface area contributed by atoms with E-state index >= 15 is 0 Å². The molecule has 1 N–H and O–H groups in total. The molecular formula is C17H26O2. The van der Waals surface area contributed by atoms with Gasteiger partial charge >= 0.3 is 0 Å². The fourth-order valence-electron chi connectivity index (χ4n) is 3.15. The predicted octanol–water partition coefficient (Wildman–Crippen LogP) is 3.88. The van der Waals surface area contributed by atoms with E-state index in [0.717, 1.165) is 17.7 Å². The smallest absolute Gasteiger partial charge is 0.122 e. The zero-order valence-electron chi connectivity index (χ0n) is 12.2. The summed E-state index contributed by atoms with van der Waals surface area (Å²) in [5.74, 6) is 1.37. The molecule has 19 heavy (non-hydrogen) atoms. The van der Waals surface area contributed by atoms with Crippen molar-refractivity contribution in [1.82, 2.24) is 0 Å². The summed E-state index contributed by atoms with van der Waals surface area (Å²) in [5.41, 5.74) is 2.36. The van der Waals surface area contributed by atoms with Crippen molar-refractivity contribution < 1.29 is 9.84 Å². The van der Waals surface area contributed by atoms with Crippen LogP contribution in [0.15, 0.2) is 18.2 Å². The van der Waals surface area contributed by atoms with Crippen molar-refractivity contribution in [3.05, 3.63) is 29.3 Å². The molecule has 0 heterocycles. The van der Waals surface area contributed by atoms with Crippen LogP contribution in [0.25, 0.3) is 0 Å². The van der Waals surface area contributed by atoms with E-state index in [0.29, 0.717) is 5.92 Å². The van der Waals surface area contributed by atoms with E-state index < -0.39 is 0 Å². The second-order valence-electron chi connectivity index (χ2n) is 5.84. The van der Waals surface area contributed by atoms with Crippen molar-refractivity contribution in [3.63, 3.8) is 0 Å². The lowest BCUT2D eigenvalue weighted by Gasteiger charge is -2.22. The highest BCUT2D eigenvalue weighted by Crippen LogP contribution is 2.29. The Balaban J connectivity index is 2.04. The van der Waals surface area contributed by atoms with Gasteiger partial charge in [0.2, 0.25) is 0 Å². The van der Waals surface area contributed by atoms with Crippen molar-refractivity contribution in [2.24, 2.45) is 5.92 Å². The molecular weight excluding hydrogens is 236 g/mol. The van der Waals surface area contributed by atoms with Crippen LogP contribution in [0.2, 0.25) is 0 Å². The number of aliphatic hydroxyl groups is 1. The Morgan fingerprint density at radius 2 is 1.89 bits per heavy atom. The molecule has 0 amide bonds. The largest absolute Gasteiger partial charge is 0.496 e. The lowest BCUT2D eigenvalue weighted by Crippen LogP contribution is -2.22. The summed E-state index contributed by atoms with van der Waals surface area (Å²) in [6.45, 7) is 2.08. The molecule has 2 heteroatoms. The Bertz CT molecular complexity index is 392. The van der Waals surface area contributed by atoms with Gasteiger partial charge in [-0.25, -0.2) is 0 Å². The van der Waals surface area contributed by atoms with Gasteiger partial charge in [0.1, 0.15) is 5.75 Å². The molecule has 0 bridgehead atoms. The maximum atomic E-state index is 10.5. The van der Waals surface area contributed by atoms with Crippen molar-refractivity contribution in [3.8, 4) is 5.75 Å². The number of aliphatic hydroxyl groups excluding tert-OH is 1. The van der Waals surface area contributed by atoms with Gasteiger partial charge in [-0.15, -0.1) is 0 Å². The molecule has 0 aliphatic heterocycles. The second-order valence-corrected chi connectivity index (χ2v) is 5.84. The van der Waals surface area contributed by atoms with Crippen molar-refractivity contribution in [2.75, 3.05) is 7.11 Å². The third-order valence-corrected chi connectivity index (χ3v) is 4.31. The predicted molar refractivity (Wildman–Crippen MR) is 78.6 cm³/mol. The molecule has 0 spiro atoms. The summed E-state index contributed by atoms with van der Waals surface area (Å²) in [5, 5.41) is 10.5. The highest BCUT2D eigenvalue weighted by atomic mass is 16.5. The van der Waals surface area contributed by atoms with Crippen LogP contribution in [-0.2, 0) is 6.42 Å². The molecule has 1 aliphatic rings. The van der Waals surface area contributed by atoms with E-state index in [2.05, 4.69) is 19.1 Å². The fraction of sp³-hybridized carbons (Fsp3) is 0.647. The third-order valence-electron chi connectivity index (χ3n) is 4.31. The highest BCUT2D eigenvalue weighted by molar-refractivity contribution is 5.37. The van der Waals surface area contributed by atoms with Gasteiger partial charge in [0.05, 0.1) is 13.2 Å². The Hall–Kier alpha value is -1.02. The SMILES string of the molecule is COc1ccc(C)cc1CC(O)C1CCCCCC1. The molecule has 2 rings (SSSR count). The molecule has 106 valence electrons. The summed E-state index contributed by atoms with van der Waals surface area (Å²) >= 11 is 0. The molecule has 1 aliphatic carbocycles. The van der Waals surface area contributed by atoms with E-state index in [-0.39, 0.29) is 6.10 Å². The summed E-state index contributed by atoms with van der Waals surface area (Å²) in [6, 6.07) is 6.20. The lowest BCUT2D eigenvalue weighted by atomic mass is 9.89. The van der Waals surface area contributed by atoms with Gasteiger partial charge in [-0.1, -0.05) is 43.4 Å². The molecule has 1 aromatic rings. The van der Waals surface area contributed by atoms with Gasteiger partial charge in [0.15, 0.2) is 0 Å². The Kier molecular flexibility index (Phi) is 5.26. The minimum atomic E-state index is -0.228. The number of hydrogen-bond donors (Lipinski definition) is 1. The summed E-state index contributed by atoms with van der Waals surface area (Å²) in [6.07, 6.45) is 8.04. The maximum absolute atomic E-state index is 10.5. The van der Waals surface area contributed by atoms with Gasteiger partial charge in [0.25, 0.3) is 0 Å². The average molecular weight is 262 g/mol. The lowest BCUT2D eigenvalue weighted by molar-refractivity contribution is 0.0979. The normalized spacial score (nSPS) is 18.9.